The molecule has 0 aliphatic carbocycles. The lowest BCUT2D eigenvalue weighted by Crippen LogP contribution is -2.48. The molecule has 2 N–H and O–H groups in total. The van der Waals surface area contributed by atoms with Crippen LogP contribution in [0.15, 0.2) is 39.6 Å². The van der Waals surface area contributed by atoms with Crippen LogP contribution < -0.4 is 10.9 Å². The Bertz CT molecular complexity index is 931. The number of hydrogen-bond donors (Lipinski definition) is 2. The molecule has 0 unspecified atom stereocenters. The van der Waals surface area contributed by atoms with Gasteiger partial charge in [0.25, 0.3) is 5.56 Å². The van der Waals surface area contributed by atoms with E-state index in [1.54, 1.807) is 0 Å². The summed E-state index contributed by atoms with van der Waals surface area (Å²) >= 11 is 0. The van der Waals surface area contributed by atoms with E-state index in [9.17, 15) is 14.4 Å². The fourth-order valence-electron chi connectivity index (χ4n) is 4.59. The zero-order valence-electron chi connectivity index (χ0n) is 15.3. The molecule has 1 saturated heterocycles. The summed E-state index contributed by atoms with van der Waals surface area (Å²) in [7, 11) is 0. The maximum Gasteiger partial charge on any atom is 0.280 e. The summed E-state index contributed by atoms with van der Waals surface area (Å²) in [6, 6.07) is 8.99. The number of carbonyl (C=O) groups excluding carboxylic acids is 2. The van der Waals surface area contributed by atoms with Crippen molar-refractivity contribution in [3.8, 4) is 0 Å². The van der Waals surface area contributed by atoms with Gasteiger partial charge in [-0.3, -0.25) is 14.4 Å². The highest BCUT2D eigenvalue weighted by molar-refractivity contribution is 6.07. The average molecular weight is 369 g/mol. The second-order valence-corrected chi connectivity index (χ2v) is 7.29. The van der Waals surface area contributed by atoms with Gasteiger partial charge < -0.3 is 14.7 Å². The molecule has 27 heavy (non-hydrogen) atoms. The number of aromatic amines is 1. The Hall–Kier alpha value is -2.83. The maximum atomic E-state index is 13.0. The number of likely N-dealkylation sites (tertiary alicyclic amines) is 1. The molecule has 0 radical (unpaired) electrons. The molecule has 0 bridgehead atoms. The second-order valence-electron chi connectivity index (χ2n) is 7.29. The first-order chi connectivity index (χ1) is 13.1. The first kappa shape index (κ1) is 17.6. The minimum Gasteiger partial charge on any atom is -0.384 e. The fourth-order valence-corrected chi connectivity index (χ4v) is 4.59. The number of benzene rings is 1. The largest absolute Gasteiger partial charge is 0.384 e. The molecule has 7 heteroatoms. The highest BCUT2D eigenvalue weighted by Gasteiger charge is 2.58. The van der Waals surface area contributed by atoms with Crippen LogP contribution in [0.4, 0.5) is 5.69 Å². The predicted octanol–water partition coefficient (Wildman–Crippen LogP) is 2.19. The Labute approximate surface area is 156 Å². The number of fused-ring (bicyclic) bond motifs is 2. The highest BCUT2D eigenvalue weighted by Crippen LogP contribution is 2.49. The molecule has 1 fully saturated rings. The van der Waals surface area contributed by atoms with Gasteiger partial charge in [0.05, 0.1) is 11.5 Å². The van der Waals surface area contributed by atoms with E-state index in [4.69, 9.17) is 4.52 Å². The van der Waals surface area contributed by atoms with Crippen molar-refractivity contribution >= 4 is 17.5 Å². The molecule has 4 rings (SSSR count). The van der Waals surface area contributed by atoms with Crippen molar-refractivity contribution in [1.82, 2.24) is 10.1 Å². The third-order valence-corrected chi connectivity index (χ3v) is 5.80. The molecular formula is C20H23N3O4. The number of carbonyl (C=O) groups is 2. The van der Waals surface area contributed by atoms with Crippen LogP contribution in [0.2, 0.25) is 0 Å². The lowest BCUT2D eigenvalue weighted by molar-refractivity contribution is -0.133. The quantitative estimate of drug-likeness (QED) is 0.844. The van der Waals surface area contributed by atoms with Gasteiger partial charge >= 0.3 is 0 Å². The number of hydrogen-bond acceptors (Lipinski definition) is 4. The van der Waals surface area contributed by atoms with Crippen molar-refractivity contribution in [2.75, 3.05) is 11.9 Å². The number of para-hydroxylation sites is 1. The number of anilines is 1. The second kappa shape index (κ2) is 6.72. The molecule has 3 heterocycles. The maximum absolute atomic E-state index is 13.0. The van der Waals surface area contributed by atoms with Gasteiger partial charge in [-0.15, -0.1) is 0 Å². The Morgan fingerprint density at radius 3 is 2.89 bits per heavy atom. The minimum atomic E-state index is -0.664. The van der Waals surface area contributed by atoms with Gasteiger partial charge in [-0.25, -0.2) is 0 Å². The van der Waals surface area contributed by atoms with Crippen LogP contribution in [0.25, 0.3) is 0 Å². The number of nitrogens with one attached hydrogen (secondary N) is 2. The summed E-state index contributed by atoms with van der Waals surface area (Å²) < 4.78 is 5.04. The topological polar surface area (TPSA) is 95.4 Å². The zero-order chi connectivity index (χ0) is 19.0. The summed E-state index contributed by atoms with van der Waals surface area (Å²) in [5.74, 6) is 0.457. The highest BCUT2D eigenvalue weighted by atomic mass is 16.5. The smallest absolute Gasteiger partial charge is 0.280 e. The van der Waals surface area contributed by atoms with E-state index < -0.39 is 5.41 Å². The lowest BCUT2D eigenvalue weighted by atomic mass is 9.73. The summed E-state index contributed by atoms with van der Waals surface area (Å²) in [5, 5.41) is 5.25. The molecule has 1 aromatic carbocycles. The number of nitrogens with zero attached hydrogens (tertiary/aromatic N) is 1. The van der Waals surface area contributed by atoms with Crippen LogP contribution >= 0.6 is 0 Å². The lowest BCUT2D eigenvalue weighted by Gasteiger charge is -2.34. The van der Waals surface area contributed by atoms with Crippen LogP contribution in [0.3, 0.4) is 0 Å². The van der Waals surface area contributed by atoms with Crippen molar-refractivity contribution in [1.29, 1.82) is 0 Å². The number of aryl methyl sites for hydroxylation is 1. The first-order valence-electron chi connectivity index (χ1n) is 9.44. The predicted molar refractivity (Wildman–Crippen MR) is 99.4 cm³/mol. The Balaban J connectivity index is 1.59. The van der Waals surface area contributed by atoms with Crippen LogP contribution in [0.5, 0.6) is 0 Å². The van der Waals surface area contributed by atoms with Gasteiger partial charge in [0.2, 0.25) is 11.8 Å². The van der Waals surface area contributed by atoms with Crippen LogP contribution in [0.1, 0.15) is 43.9 Å². The molecule has 2 amide bonds. The van der Waals surface area contributed by atoms with Crippen LogP contribution in [0, 0.1) is 0 Å². The summed E-state index contributed by atoms with van der Waals surface area (Å²) in [6.45, 7) is 2.63. The van der Waals surface area contributed by atoms with E-state index in [1.165, 1.54) is 6.07 Å². The Kier molecular flexibility index (Phi) is 4.37. The first-order valence-corrected chi connectivity index (χ1v) is 9.44. The molecule has 1 aromatic heterocycles. The average Bonchev–Trinajstić information content (AvgIpc) is 3.32. The van der Waals surface area contributed by atoms with Crippen molar-refractivity contribution in [3.05, 3.63) is 52.0 Å². The normalized spacial score (nSPS) is 23.7. The van der Waals surface area contributed by atoms with E-state index in [0.29, 0.717) is 25.1 Å². The van der Waals surface area contributed by atoms with Gasteiger partial charge in [0, 0.05) is 31.1 Å². The molecular weight excluding hydrogens is 346 g/mol. The van der Waals surface area contributed by atoms with Crippen molar-refractivity contribution in [3.63, 3.8) is 0 Å². The molecule has 0 saturated carbocycles. The summed E-state index contributed by atoms with van der Waals surface area (Å²) in [4.78, 5) is 38.9. The van der Waals surface area contributed by atoms with Crippen molar-refractivity contribution < 1.29 is 14.1 Å². The van der Waals surface area contributed by atoms with Gasteiger partial charge in [-0.2, -0.15) is 5.16 Å². The minimum absolute atomic E-state index is 0.00548. The van der Waals surface area contributed by atoms with E-state index in [1.807, 2.05) is 29.2 Å². The molecule has 1 spiro atoms. The fraction of sp³-hybridized carbons (Fsp3) is 0.450. The SMILES string of the molecule is CCC[C@@H]1N(C(=O)CCc2cc(=O)[nH]o2)CC[C@]12C(=O)Nc1ccccc12. The van der Waals surface area contributed by atoms with Crippen LogP contribution in [-0.4, -0.2) is 34.5 Å². The van der Waals surface area contributed by atoms with Gasteiger partial charge in [-0.1, -0.05) is 31.5 Å². The third-order valence-electron chi connectivity index (χ3n) is 5.80. The number of H-pyrrole nitrogens is 1. The third kappa shape index (κ3) is 2.78. The van der Waals surface area contributed by atoms with Gasteiger partial charge in [0.15, 0.2) is 0 Å². The molecule has 2 aliphatic heterocycles. The standard InChI is InChI=1S/C20H23N3O4/c1-2-5-16-20(14-6-3-4-7-15(14)21-19(20)26)10-11-23(16)18(25)9-8-13-12-17(24)22-27-13/h3-4,6-7,12,16H,2,5,8-11H2,1H3,(H,21,26)(H,22,24)/t16-,20+/m0/s1. The van der Waals surface area contributed by atoms with Gasteiger partial charge in [-0.05, 0) is 24.5 Å². The Morgan fingerprint density at radius 1 is 1.33 bits per heavy atom. The molecule has 2 aliphatic rings. The molecule has 142 valence electrons. The Morgan fingerprint density at radius 2 is 2.15 bits per heavy atom. The zero-order valence-corrected chi connectivity index (χ0v) is 15.3. The summed E-state index contributed by atoms with van der Waals surface area (Å²) in [6.07, 6.45) is 2.90. The summed E-state index contributed by atoms with van der Waals surface area (Å²) in [5.41, 5.74) is 0.885. The van der Waals surface area contributed by atoms with Gasteiger partial charge in [0.1, 0.15) is 5.76 Å². The van der Waals surface area contributed by atoms with E-state index in [-0.39, 0.29) is 29.8 Å². The number of rotatable bonds is 5. The number of aromatic nitrogens is 1. The van der Waals surface area contributed by atoms with E-state index in [0.717, 1.165) is 24.1 Å². The molecule has 2 aromatic rings. The van der Waals surface area contributed by atoms with Crippen molar-refractivity contribution in [2.45, 2.75) is 50.5 Å². The van der Waals surface area contributed by atoms with Crippen molar-refractivity contribution in [2.24, 2.45) is 0 Å². The molecule has 7 nitrogen and oxygen atoms in total. The van der Waals surface area contributed by atoms with Crippen LogP contribution in [-0.2, 0) is 21.4 Å². The number of amides is 2. The van der Waals surface area contributed by atoms with E-state index >= 15 is 0 Å². The monoisotopic (exact) mass is 369 g/mol. The molecule has 2 atom stereocenters. The van der Waals surface area contributed by atoms with E-state index in [2.05, 4.69) is 17.4 Å².